The summed E-state index contributed by atoms with van der Waals surface area (Å²) in [5, 5.41) is 2.85. The number of thioether (sulfide) groups is 1. The molecule has 0 radical (unpaired) electrons. The summed E-state index contributed by atoms with van der Waals surface area (Å²) in [6.07, 6.45) is 3.81. The van der Waals surface area contributed by atoms with Gasteiger partial charge in [0.25, 0.3) is 11.7 Å². The average molecular weight is 409 g/mol. The Morgan fingerprint density at radius 3 is 2.62 bits per heavy atom. The molecule has 0 bridgehead atoms. The van der Waals surface area contributed by atoms with Crippen LogP contribution in [0.5, 0.6) is 0 Å². The van der Waals surface area contributed by atoms with Crippen molar-refractivity contribution in [1.29, 1.82) is 0 Å². The molecule has 0 spiro atoms. The van der Waals surface area contributed by atoms with Gasteiger partial charge in [-0.05, 0) is 36.8 Å². The molecule has 0 aliphatic rings. The second-order valence-corrected chi connectivity index (χ2v) is 7.45. The van der Waals surface area contributed by atoms with E-state index in [1.165, 1.54) is 12.1 Å². The number of halogens is 2. The zero-order chi connectivity index (χ0) is 20.4. The fraction of sp³-hybridized carbons (Fsp3) is 0.0909. The first-order valence-electron chi connectivity index (χ1n) is 8.92. The van der Waals surface area contributed by atoms with Crippen molar-refractivity contribution in [3.63, 3.8) is 0 Å². The molecule has 146 valence electrons. The summed E-state index contributed by atoms with van der Waals surface area (Å²) >= 11 is 0.359. The Hall–Kier alpha value is -3.19. The number of imidazole rings is 1. The number of carbonyl (C=O) groups excluding carboxylic acids is 1. The molecule has 0 unspecified atom stereocenters. The van der Waals surface area contributed by atoms with Gasteiger partial charge in [-0.2, -0.15) is 8.78 Å². The molecule has 1 N–H and O–H groups in total. The number of hydrogen-bond acceptors (Lipinski definition) is 3. The first kappa shape index (κ1) is 19.1. The van der Waals surface area contributed by atoms with Crippen molar-refractivity contribution in [2.45, 2.75) is 17.6 Å². The molecule has 7 heteroatoms. The summed E-state index contributed by atoms with van der Waals surface area (Å²) < 4.78 is 27.6. The largest absolute Gasteiger partial charge is 0.321 e. The summed E-state index contributed by atoms with van der Waals surface area (Å²) in [6.45, 7) is 1.98. The van der Waals surface area contributed by atoms with Gasteiger partial charge in [0.1, 0.15) is 5.65 Å². The van der Waals surface area contributed by atoms with E-state index in [0.717, 1.165) is 16.8 Å². The average Bonchev–Trinajstić information content (AvgIpc) is 3.14. The number of anilines is 1. The van der Waals surface area contributed by atoms with Crippen LogP contribution in [0.1, 0.15) is 15.9 Å². The lowest BCUT2D eigenvalue weighted by Crippen LogP contribution is -2.14. The molecule has 0 aliphatic heterocycles. The number of nitrogens with one attached hydrogen (secondary N) is 1. The molecule has 4 rings (SSSR count). The molecule has 2 heterocycles. The van der Waals surface area contributed by atoms with E-state index in [4.69, 9.17) is 0 Å². The van der Waals surface area contributed by atoms with Crippen molar-refractivity contribution in [1.82, 2.24) is 9.38 Å². The van der Waals surface area contributed by atoms with Gasteiger partial charge in [-0.25, -0.2) is 4.98 Å². The number of amides is 1. The van der Waals surface area contributed by atoms with E-state index in [-0.39, 0.29) is 10.5 Å². The summed E-state index contributed by atoms with van der Waals surface area (Å²) in [7, 11) is 0. The van der Waals surface area contributed by atoms with Crippen LogP contribution in [0.15, 0.2) is 78.0 Å². The molecule has 0 aliphatic carbocycles. The van der Waals surface area contributed by atoms with Crippen molar-refractivity contribution in [3.8, 4) is 11.3 Å². The SMILES string of the molecule is Cc1cccn2cc(-c3ccccc3NC(=O)c3ccccc3SC(F)F)nc12. The third kappa shape index (κ3) is 4.00. The summed E-state index contributed by atoms with van der Waals surface area (Å²) in [6, 6.07) is 17.6. The maximum atomic E-state index is 12.8. The third-order valence-corrected chi connectivity index (χ3v) is 5.26. The van der Waals surface area contributed by atoms with Gasteiger partial charge >= 0.3 is 0 Å². The predicted octanol–water partition coefficient (Wildman–Crippen LogP) is 5.88. The molecule has 0 saturated carbocycles. The number of hydrogen-bond donors (Lipinski definition) is 1. The second-order valence-electron chi connectivity index (χ2n) is 6.42. The molecular weight excluding hydrogens is 392 g/mol. The summed E-state index contributed by atoms with van der Waals surface area (Å²) in [5.74, 6) is -3.04. The van der Waals surface area contributed by atoms with Gasteiger partial charge in [-0.3, -0.25) is 4.79 Å². The summed E-state index contributed by atoms with van der Waals surface area (Å²) in [5.41, 5.74) is 4.11. The van der Waals surface area contributed by atoms with E-state index in [1.807, 2.05) is 48.0 Å². The first-order valence-corrected chi connectivity index (χ1v) is 9.80. The fourth-order valence-corrected chi connectivity index (χ4v) is 3.78. The van der Waals surface area contributed by atoms with Gasteiger partial charge in [0, 0.05) is 22.9 Å². The maximum Gasteiger partial charge on any atom is 0.288 e. The van der Waals surface area contributed by atoms with Gasteiger partial charge in [-0.15, -0.1) is 0 Å². The van der Waals surface area contributed by atoms with Crippen LogP contribution in [-0.4, -0.2) is 21.0 Å². The molecule has 4 aromatic rings. The normalized spacial score (nSPS) is 11.2. The molecule has 0 saturated heterocycles. The number of nitrogens with zero attached hydrogens (tertiary/aromatic N) is 2. The van der Waals surface area contributed by atoms with Crippen LogP contribution in [0, 0.1) is 6.92 Å². The van der Waals surface area contributed by atoms with Crippen molar-refractivity contribution >= 4 is 29.0 Å². The highest BCUT2D eigenvalue weighted by molar-refractivity contribution is 7.99. The van der Waals surface area contributed by atoms with E-state index in [1.54, 1.807) is 24.3 Å². The number of carbonyl (C=O) groups is 1. The quantitative estimate of drug-likeness (QED) is 0.419. The van der Waals surface area contributed by atoms with Crippen LogP contribution < -0.4 is 5.32 Å². The van der Waals surface area contributed by atoms with Gasteiger partial charge < -0.3 is 9.72 Å². The number of alkyl halides is 2. The second kappa shape index (κ2) is 8.05. The Morgan fingerprint density at radius 1 is 1.07 bits per heavy atom. The summed E-state index contributed by atoms with van der Waals surface area (Å²) in [4.78, 5) is 17.8. The number of rotatable bonds is 5. The van der Waals surface area contributed by atoms with Crippen molar-refractivity contribution in [3.05, 3.63) is 84.2 Å². The van der Waals surface area contributed by atoms with E-state index >= 15 is 0 Å². The van der Waals surface area contributed by atoms with Gasteiger partial charge in [0.05, 0.1) is 16.9 Å². The third-order valence-electron chi connectivity index (χ3n) is 4.48. The Kier molecular flexibility index (Phi) is 5.31. The Balaban J connectivity index is 1.69. The van der Waals surface area contributed by atoms with E-state index < -0.39 is 11.7 Å². The Labute approximate surface area is 170 Å². The minimum absolute atomic E-state index is 0.207. The molecule has 2 aromatic heterocycles. The van der Waals surface area contributed by atoms with E-state index in [9.17, 15) is 13.6 Å². The smallest absolute Gasteiger partial charge is 0.288 e. The molecule has 0 atom stereocenters. The van der Waals surface area contributed by atoms with Crippen LogP contribution in [0.2, 0.25) is 0 Å². The molecule has 29 heavy (non-hydrogen) atoms. The minimum atomic E-state index is -2.60. The number of pyridine rings is 1. The zero-order valence-corrected chi connectivity index (χ0v) is 16.3. The highest BCUT2D eigenvalue weighted by atomic mass is 32.2. The van der Waals surface area contributed by atoms with Crippen LogP contribution in [0.25, 0.3) is 16.9 Å². The molecule has 4 nitrogen and oxygen atoms in total. The highest BCUT2D eigenvalue weighted by Crippen LogP contribution is 2.31. The maximum absolute atomic E-state index is 12.8. The van der Waals surface area contributed by atoms with Crippen LogP contribution in [0.4, 0.5) is 14.5 Å². The lowest BCUT2D eigenvalue weighted by Gasteiger charge is -2.12. The first-order chi connectivity index (χ1) is 14.0. The number of benzene rings is 2. The Bertz CT molecular complexity index is 1190. The van der Waals surface area contributed by atoms with Crippen molar-refractivity contribution in [2.75, 3.05) is 5.32 Å². The standard InChI is InChI=1S/C22H17F2N3OS/c1-14-7-6-12-27-13-18(25-20(14)27)15-8-2-4-10-17(15)26-21(28)16-9-3-5-11-19(16)29-22(23)24/h2-13,22H,1H3,(H,26,28). The number of aryl methyl sites for hydroxylation is 1. The molecule has 2 aromatic carbocycles. The number of fused-ring (bicyclic) bond motifs is 1. The minimum Gasteiger partial charge on any atom is -0.321 e. The van der Waals surface area contributed by atoms with Gasteiger partial charge in [0.2, 0.25) is 0 Å². The zero-order valence-electron chi connectivity index (χ0n) is 15.5. The lowest BCUT2D eigenvalue weighted by molar-refractivity contribution is 0.102. The van der Waals surface area contributed by atoms with Gasteiger partial charge in [-0.1, -0.05) is 48.2 Å². The van der Waals surface area contributed by atoms with E-state index in [2.05, 4.69) is 10.3 Å². The van der Waals surface area contributed by atoms with Gasteiger partial charge in [0.15, 0.2) is 0 Å². The Morgan fingerprint density at radius 2 is 1.83 bits per heavy atom. The molecular formula is C22H17F2N3OS. The fourth-order valence-electron chi connectivity index (χ4n) is 3.14. The van der Waals surface area contributed by atoms with Crippen molar-refractivity contribution < 1.29 is 13.6 Å². The molecule has 1 amide bonds. The highest BCUT2D eigenvalue weighted by Gasteiger charge is 2.17. The van der Waals surface area contributed by atoms with Crippen LogP contribution in [-0.2, 0) is 0 Å². The lowest BCUT2D eigenvalue weighted by atomic mass is 10.1. The van der Waals surface area contributed by atoms with Crippen LogP contribution in [0.3, 0.4) is 0 Å². The number of aromatic nitrogens is 2. The van der Waals surface area contributed by atoms with Crippen molar-refractivity contribution in [2.24, 2.45) is 0 Å². The van der Waals surface area contributed by atoms with Crippen LogP contribution >= 0.6 is 11.8 Å². The predicted molar refractivity (Wildman–Crippen MR) is 112 cm³/mol. The number of para-hydroxylation sites is 1. The topological polar surface area (TPSA) is 46.4 Å². The van der Waals surface area contributed by atoms with E-state index in [0.29, 0.717) is 23.1 Å². The monoisotopic (exact) mass is 409 g/mol. The molecule has 0 fully saturated rings.